The van der Waals surface area contributed by atoms with Gasteiger partial charge in [0.25, 0.3) is 0 Å². The first-order valence-electron chi connectivity index (χ1n) is 5.11. The van der Waals surface area contributed by atoms with Crippen LogP contribution in [0.3, 0.4) is 0 Å². The van der Waals surface area contributed by atoms with Crippen molar-refractivity contribution in [1.29, 1.82) is 0 Å². The molecule has 4 heterocycles. The van der Waals surface area contributed by atoms with Crippen LogP contribution < -0.4 is 5.32 Å². The Morgan fingerprint density at radius 1 is 1.43 bits per heavy atom. The number of rotatable bonds is 1. The standard InChI is InChI=1S/C9H13N4O/c1-3-13-4-2-7(1)10-5-8(13)9-6-11-12-14-9/h7-8,10H,1-5H2. The van der Waals surface area contributed by atoms with Crippen LogP contribution in [0.2, 0.25) is 0 Å². The summed E-state index contributed by atoms with van der Waals surface area (Å²) in [6, 6.07) is 0.963. The highest BCUT2D eigenvalue weighted by Gasteiger charge is 2.32. The highest BCUT2D eigenvalue weighted by Crippen LogP contribution is 2.26. The van der Waals surface area contributed by atoms with Crippen LogP contribution in [0.1, 0.15) is 24.6 Å². The molecule has 0 saturated carbocycles. The van der Waals surface area contributed by atoms with Crippen LogP contribution in [0, 0.1) is 6.20 Å². The van der Waals surface area contributed by atoms with E-state index in [4.69, 9.17) is 4.52 Å². The van der Waals surface area contributed by atoms with Crippen LogP contribution in [-0.4, -0.2) is 40.9 Å². The topological polar surface area (TPSA) is 54.2 Å². The second-order valence-electron chi connectivity index (χ2n) is 3.98. The van der Waals surface area contributed by atoms with Gasteiger partial charge in [-0.1, -0.05) is 0 Å². The smallest absolute Gasteiger partial charge is 0.185 e. The van der Waals surface area contributed by atoms with Crippen molar-refractivity contribution >= 4 is 0 Å². The van der Waals surface area contributed by atoms with E-state index in [9.17, 15) is 0 Å². The van der Waals surface area contributed by atoms with Gasteiger partial charge in [0.2, 0.25) is 0 Å². The van der Waals surface area contributed by atoms with Crippen molar-refractivity contribution in [3.63, 3.8) is 0 Å². The van der Waals surface area contributed by atoms with Crippen molar-refractivity contribution in [2.75, 3.05) is 19.6 Å². The summed E-state index contributed by atoms with van der Waals surface area (Å²) >= 11 is 0. The second-order valence-corrected chi connectivity index (χ2v) is 3.98. The maximum atomic E-state index is 5.08. The summed E-state index contributed by atoms with van der Waals surface area (Å²) in [4.78, 5) is 2.43. The van der Waals surface area contributed by atoms with Crippen LogP contribution in [0.25, 0.3) is 0 Å². The van der Waals surface area contributed by atoms with Crippen molar-refractivity contribution < 1.29 is 4.52 Å². The zero-order valence-corrected chi connectivity index (χ0v) is 7.94. The highest BCUT2D eigenvalue weighted by atomic mass is 16.5. The number of piperidine rings is 1. The molecule has 0 aromatic carbocycles. The minimum atomic E-state index is 0.275. The molecule has 14 heavy (non-hydrogen) atoms. The highest BCUT2D eigenvalue weighted by molar-refractivity contribution is 5.00. The van der Waals surface area contributed by atoms with Crippen molar-refractivity contribution in [2.24, 2.45) is 0 Å². The molecule has 1 radical (unpaired) electrons. The third-order valence-corrected chi connectivity index (χ3v) is 3.21. The van der Waals surface area contributed by atoms with E-state index in [0.29, 0.717) is 6.04 Å². The average Bonchev–Trinajstić information content (AvgIpc) is 2.60. The van der Waals surface area contributed by atoms with Crippen molar-refractivity contribution in [1.82, 2.24) is 20.6 Å². The Kier molecular flexibility index (Phi) is 1.99. The molecule has 5 nitrogen and oxygen atoms in total. The number of fused-ring (bicyclic) bond motifs is 4. The van der Waals surface area contributed by atoms with E-state index in [1.54, 1.807) is 0 Å². The van der Waals surface area contributed by atoms with Gasteiger partial charge in [0.1, 0.15) is 0 Å². The van der Waals surface area contributed by atoms with Crippen molar-refractivity contribution in [3.8, 4) is 0 Å². The predicted octanol–water partition coefficient (Wildman–Crippen LogP) is -0.0215. The van der Waals surface area contributed by atoms with Crippen LogP contribution in [0.4, 0.5) is 0 Å². The Hall–Kier alpha value is -0.940. The summed E-state index contributed by atoms with van der Waals surface area (Å²) in [5.41, 5.74) is 0. The first-order valence-corrected chi connectivity index (χ1v) is 5.11. The van der Waals surface area contributed by atoms with Gasteiger partial charge in [0, 0.05) is 30.9 Å². The molecule has 75 valence electrons. The van der Waals surface area contributed by atoms with Gasteiger partial charge in [0.05, 0.1) is 6.04 Å². The number of hydrogen-bond donors (Lipinski definition) is 1. The van der Waals surface area contributed by atoms with Gasteiger partial charge in [-0.15, -0.1) is 5.10 Å². The third kappa shape index (κ3) is 1.33. The molecule has 0 spiro atoms. The fourth-order valence-electron chi connectivity index (χ4n) is 2.37. The zero-order valence-electron chi connectivity index (χ0n) is 7.94. The fourth-order valence-corrected chi connectivity index (χ4v) is 2.37. The molecule has 3 fully saturated rings. The largest absolute Gasteiger partial charge is 0.340 e. The number of hydrogen-bond acceptors (Lipinski definition) is 5. The molecular formula is C9H13N4O. The summed E-state index contributed by atoms with van der Waals surface area (Å²) in [5.74, 6) is 0.764. The fraction of sp³-hybridized carbons (Fsp3) is 0.778. The Bertz CT molecular complexity index is 292. The lowest BCUT2D eigenvalue weighted by atomic mass is 10.1. The molecule has 4 rings (SSSR count). The average molecular weight is 193 g/mol. The minimum Gasteiger partial charge on any atom is -0.340 e. The normalized spacial score (nSPS) is 37.0. The molecular weight excluding hydrogens is 180 g/mol. The van der Waals surface area contributed by atoms with Gasteiger partial charge < -0.3 is 9.84 Å². The monoisotopic (exact) mass is 193 g/mol. The zero-order chi connectivity index (χ0) is 9.38. The van der Waals surface area contributed by atoms with E-state index >= 15 is 0 Å². The predicted molar refractivity (Wildman–Crippen MR) is 48.5 cm³/mol. The Balaban J connectivity index is 1.85. The first kappa shape index (κ1) is 8.38. The third-order valence-electron chi connectivity index (χ3n) is 3.21. The van der Waals surface area contributed by atoms with E-state index in [-0.39, 0.29) is 6.04 Å². The van der Waals surface area contributed by atoms with Crippen LogP contribution in [-0.2, 0) is 0 Å². The summed E-state index contributed by atoms with van der Waals surface area (Å²) in [6.45, 7) is 3.20. The van der Waals surface area contributed by atoms with E-state index in [1.165, 1.54) is 12.8 Å². The summed E-state index contributed by atoms with van der Waals surface area (Å²) in [7, 11) is 0. The summed E-state index contributed by atoms with van der Waals surface area (Å²) < 4.78 is 5.08. The molecule has 5 heteroatoms. The van der Waals surface area contributed by atoms with Gasteiger partial charge in [0.15, 0.2) is 12.0 Å². The Morgan fingerprint density at radius 3 is 3.00 bits per heavy atom. The second kappa shape index (κ2) is 3.33. The first-order chi connectivity index (χ1) is 6.93. The Morgan fingerprint density at radius 2 is 2.29 bits per heavy atom. The van der Waals surface area contributed by atoms with Crippen LogP contribution in [0.15, 0.2) is 4.52 Å². The molecule has 1 atom stereocenters. The van der Waals surface area contributed by atoms with Gasteiger partial charge in [-0.05, 0) is 12.8 Å². The summed E-state index contributed by atoms with van der Waals surface area (Å²) in [6.07, 6.45) is 5.28. The van der Waals surface area contributed by atoms with Crippen molar-refractivity contribution in [2.45, 2.75) is 24.9 Å². The van der Waals surface area contributed by atoms with Gasteiger partial charge >= 0.3 is 0 Å². The molecule has 3 saturated heterocycles. The number of nitrogens with one attached hydrogen (secondary N) is 1. The van der Waals surface area contributed by atoms with E-state index in [1.807, 2.05) is 0 Å². The molecule has 0 aliphatic carbocycles. The van der Waals surface area contributed by atoms with E-state index in [0.717, 1.165) is 25.4 Å². The summed E-state index contributed by atoms with van der Waals surface area (Å²) in [5, 5.41) is 10.6. The lowest BCUT2D eigenvalue weighted by molar-refractivity contribution is 0.162. The quantitative estimate of drug-likeness (QED) is 0.679. The van der Waals surface area contributed by atoms with Gasteiger partial charge in [-0.25, -0.2) is 0 Å². The Labute approximate surface area is 82.4 Å². The molecule has 2 bridgehead atoms. The maximum Gasteiger partial charge on any atom is 0.185 e. The minimum absolute atomic E-state index is 0.275. The molecule has 0 amide bonds. The van der Waals surface area contributed by atoms with Crippen LogP contribution in [0.5, 0.6) is 0 Å². The lowest BCUT2D eigenvalue weighted by Crippen LogP contribution is -2.35. The lowest BCUT2D eigenvalue weighted by Gasteiger charge is -2.29. The molecule has 1 N–H and O–H groups in total. The molecule has 1 aromatic heterocycles. The molecule has 1 unspecified atom stereocenters. The van der Waals surface area contributed by atoms with Crippen molar-refractivity contribution in [3.05, 3.63) is 12.0 Å². The van der Waals surface area contributed by atoms with Gasteiger partial charge in [-0.2, -0.15) is 0 Å². The maximum absolute atomic E-state index is 5.08. The van der Waals surface area contributed by atoms with Crippen LogP contribution >= 0.6 is 0 Å². The van der Waals surface area contributed by atoms with E-state index in [2.05, 4.69) is 26.8 Å². The number of aromatic nitrogens is 2. The number of nitrogens with zero attached hydrogens (tertiary/aromatic N) is 3. The van der Waals surface area contributed by atoms with E-state index < -0.39 is 0 Å². The molecule has 3 aliphatic rings. The van der Waals surface area contributed by atoms with Gasteiger partial charge in [-0.3, -0.25) is 4.90 Å². The molecule has 1 aromatic rings. The molecule has 3 aliphatic heterocycles. The SMILES string of the molecule is [c]1nnoc1C1CNC2CCN1CC2.